The van der Waals surface area contributed by atoms with Gasteiger partial charge in [0.1, 0.15) is 5.75 Å². The number of hydrogen-bond acceptors (Lipinski definition) is 7. The molecule has 0 unspecified atom stereocenters. The lowest BCUT2D eigenvalue weighted by Gasteiger charge is -2.08. The van der Waals surface area contributed by atoms with Gasteiger partial charge < -0.3 is 15.4 Å². The Morgan fingerprint density at radius 1 is 0.833 bits per heavy atom. The number of thiazole rings is 1. The number of anilines is 3. The maximum absolute atomic E-state index is 12.6. The van der Waals surface area contributed by atoms with Crippen LogP contribution in [0.4, 0.5) is 16.5 Å². The molecule has 0 fully saturated rings. The van der Waals surface area contributed by atoms with Gasteiger partial charge in [-0.3, -0.25) is 9.59 Å². The van der Waals surface area contributed by atoms with Crippen LogP contribution < -0.4 is 20.8 Å². The van der Waals surface area contributed by atoms with E-state index in [1.165, 1.54) is 23.1 Å². The Morgan fingerprint density at radius 3 is 2.14 bits per heavy atom. The van der Waals surface area contributed by atoms with Crippen molar-refractivity contribution in [1.29, 1.82) is 0 Å². The quantitative estimate of drug-likeness (QED) is 0.123. The number of rotatable bonds is 10. The first-order valence-electron chi connectivity index (χ1n) is 13.2. The van der Waals surface area contributed by atoms with Gasteiger partial charge in [0, 0.05) is 27.9 Å². The summed E-state index contributed by atoms with van der Waals surface area (Å²) >= 11 is 1.52. The van der Waals surface area contributed by atoms with Crippen molar-refractivity contribution < 1.29 is 14.3 Å². The van der Waals surface area contributed by atoms with Gasteiger partial charge in [-0.1, -0.05) is 47.5 Å². The number of hydrazone groups is 1. The summed E-state index contributed by atoms with van der Waals surface area (Å²) in [4.78, 5) is 29.3. The fraction of sp³-hybridized carbons (Fsp3) is 0.0909. The molecule has 9 heteroatoms. The zero-order valence-corrected chi connectivity index (χ0v) is 23.9. The van der Waals surface area contributed by atoms with Crippen molar-refractivity contribution in [3.8, 4) is 17.0 Å². The van der Waals surface area contributed by atoms with E-state index in [1.807, 2.05) is 73.0 Å². The highest BCUT2D eigenvalue weighted by Gasteiger charge is 2.09. The molecule has 5 rings (SSSR count). The number of nitrogens with zero attached hydrogens (tertiary/aromatic N) is 2. The van der Waals surface area contributed by atoms with Crippen LogP contribution in [-0.4, -0.2) is 29.6 Å². The maximum Gasteiger partial charge on any atom is 0.271 e. The van der Waals surface area contributed by atoms with Gasteiger partial charge in [-0.25, -0.2) is 10.4 Å². The average molecular weight is 576 g/mol. The van der Waals surface area contributed by atoms with Crippen LogP contribution in [-0.2, 0) is 4.79 Å². The first kappa shape index (κ1) is 28.3. The lowest BCUT2D eigenvalue weighted by Crippen LogP contribution is -2.20. The molecule has 0 saturated carbocycles. The molecule has 210 valence electrons. The van der Waals surface area contributed by atoms with Crippen LogP contribution >= 0.6 is 11.3 Å². The monoisotopic (exact) mass is 575 g/mol. The van der Waals surface area contributed by atoms with Crippen LogP contribution in [0.25, 0.3) is 11.3 Å². The SMILES string of the molecule is Cc1ccc(NC(=O)COc2ccc(/C=N/NC(=O)c3ccc(-c4csc(Nc5ccc(C)cc5)n4)cc3)cc2)cc1. The number of nitrogens with one attached hydrogen (secondary N) is 3. The van der Waals surface area contributed by atoms with E-state index in [0.717, 1.165) is 38.9 Å². The Balaban J connectivity index is 1.08. The first-order chi connectivity index (χ1) is 20.4. The molecule has 8 nitrogen and oxygen atoms in total. The first-order valence-corrected chi connectivity index (χ1v) is 14.1. The van der Waals surface area contributed by atoms with Gasteiger partial charge in [-0.2, -0.15) is 5.10 Å². The van der Waals surface area contributed by atoms with Crippen molar-refractivity contribution >= 4 is 45.9 Å². The largest absolute Gasteiger partial charge is 0.484 e. The molecule has 3 N–H and O–H groups in total. The Labute approximate surface area is 248 Å². The number of aromatic nitrogens is 1. The van der Waals surface area contributed by atoms with Gasteiger partial charge in [0.15, 0.2) is 11.7 Å². The van der Waals surface area contributed by atoms with E-state index in [2.05, 4.69) is 33.1 Å². The summed E-state index contributed by atoms with van der Waals surface area (Å²) in [5.74, 6) is -0.0162. The zero-order valence-electron chi connectivity index (χ0n) is 23.1. The third kappa shape index (κ3) is 7.89. The second-order valence-corrected chi connectivity index (χ2v) is 10.4. The minimum atomic E-state index is -0.322. The van der Waals surface area contributed by atoms with Crippen LogP contribution in [0.3, 0.4) is 0 Å². The molecule has 4 aromatic carbocycles. The maximum atomic E-state index is 12.6. The summed E-state index contributed by atoms with van der Waals surface area (Å²) in [6, 6.07) is 30.0. The van der Waals surface area contributed by atoms with E-state index in [1.54, 1.807) is 36.4 Å². The number of amides is 2. The zero-order chi connectivity index (χ0) is 29.3. The third-order valence-electron chi connectivity index (χ3n) is 6.21. The Hall–Kier alpha value is -5.28. The molecule has 2 amide bonds. The van der Waals surface area contributed by atoms with Crippen molar-refractivity contribution in [2.24, 2.45) is 5.10 Å². The number of hydrogen-bond donors (Lipinski definition) is 3. The molecule has 0 radical (unpaired) electrons. The smallest absolute Gasteiger partial charge is 0.271 e. The van der Waals surface area contributed by atoms with Crippen molar-refractivity contribution in [1.82, 2.24) is 10.4 Å². The Kier molecular flexibility index (Phi) is 9.00. The molecular weight excluding hydrogens is 546 g/mol. The van der Waals surface area contributed by atoms with Gasteiger partial charge in [0.25, 0.3) is 11.8 Å². The van der Waals surface area contributed by atoms with E-state index >= 15 is 0 Å². The fourth-order valence-corrected chi connectivity index (χ4v) is 4.62. The van der Waals surface area contributed by atoms with Gasteiger partial charge in [-0.05, 0) is 80.1 Å². The molecular formula is C33H29N5O3S. The van der Waals surface area contributed by atoms with Gasteiger partial charge in [-0.15, -0.1) is 11.3 Å². The summed E-state index contributed by atoms with van der Waals surface area (Å²) in [6.07, 6.45) is 1.54. The molecule has 0 aliphatic carbocycles. The van der Waals surface area contributed by atoms with E-state index in [0.29, 0.717) is 11.3 Å². The van der Waals surface area contributed by atoms with E-state index in [-0.39, 0.29) is 18.4 Å². The van der Waals surface area contributed by atoms with E-state index < -0.39 is 0 Å². The molecule has 0 aliphatic rings. The van der Waals surface area contributed by atoms with Crippen molar-refractivity contribution in [3.05, 3.63) is 125 Å². The third-order valence-corrected chi connectivity index (χ3v) is 6.97. The van der Waals surface area contributed by atoms with Gasteiger partial charge >= 0.3 is 0 Å². The van der Waals surface area contributed by atoms with Crippen LogP contribution in [0, 0.1) is 13.8 Å². The van der Waals surface area contributed by atoms with Gasteiger partial charge in [0.2, 0.25) is 0 Å². The molecule has 0 saturated heterocycles. The van der Waals surface area contributed by atoms with E-state index in [9.17, 15) is 9.59 Å². The summed E-state index contributed by atoms with van der Waals surface area (Å²) in [5, 5.41) is 12.9. The van der Waals surface area contributed by atoms with Crippen molar-refractivity contribution in [2.45, 2.75) is 13.8 Å². The average Bonchev–Trinajstić information content (AvgIpc) is 3.47. The Bertz CT molecular complexity index is 1680. The Morgan fingerprint density at radius 2 is 1.48 bits per heavy atom. The second-order valence-electron chi connectivity index (χ2n) is 9.58. The molecule has 0 bridgehead atoms. The van der Waals surface area contributed by atoms with Crippen LogP contribution in [0.1, 0.15) is 27.0 Å². The topological polar surface area (TPSA) is 105 Å². The summed E-state index contributed by atoms with van der Waals surface area (Å²) in [7, 11) is 0. The molecule has 1 aromatic heterocycles. The van der Waals surface area contributed by atoms with E-state index in [4.69, 9.17) is 4.74 Å². The number of carbonyl (C=O) groups excluding carboxylic acids is 2. The summed E-state index contributed by atoms with van der Waals surface area (Å²) in [5.41, 5.74) is 9.57. The van der Waals surface area contributed by atoms with Crippen LogP contribution in [0.2, 0.25) is 0 Å². The summed E-state index contributed by atoms with van der Waals surface area (Å²) in [6.45, 7) is 3.93. The normalized spacial score (nSPS) is 10.8. The minimum Gasteiger partial charge on any atom is -0.484 e. The predicted molar refractivity (Wildman–Crippen MR) is 169 cm³/mol. The lowest BCUT2D eigenvalue weighted by atomic mass is 10.1. The second kappa shape index (κ2) is 13.4. The summed E-state index contributed by atoms with van der Waals surface area (Å²) < 4.78 is 5.56. The highest BCUT2D eigenvalue weighted by Crippen LogP contribution is 2.27. The molecule has 42 heavy (non-hydrogen) atoms. The van der Waals surface area contributed by atoms with Crippen LogP contribution in [0.5, 0.6) is 5.75 Å². The van der Waals surface area contributed by atoms with Gasteiger partial charge in [0.05, 0.1) is 11.9 Å². The number of carbonyl (C=O) groups is 2. The molecule has 0 atom stereocenters. The lowest BCUT2D eigenvalue weighted by molar-refractivity contribution is -0.118. The molecule has 5 aromatic rings. The minimum absolute atomic E-state index is 0.107. The van der Waals surface area contributed by atoms with Crippen LogP contribution in [0.15, 0.2) is 108 Å². The highest BCUT2D eigenvalue weighted by atomic mass is 32.1. The number of ether oxygens (including phenoxy) is 1. The predicted octanol–water partition coefficient (Wildman–Crippen LogP) is 6.95. The molecule has 1 heterocycles. The number of benzene rings is 4. The standard InChI is InChI=1S/C33H29N5O3S/c1-22-3-13-27(14-4-22)35-31(39)20-41-29-17-7-24(8-18-29)19-34-38-32(40)26-11-9-25(10-12-26)30-21-42-33(37-30)36-28-15-5-23(2)6-16-28/h3-19,21H,20H2,1-2H3,(H,35,39)(H,36,37)(H,38,40)/b34-19+. The fourth-order valence-electron chi connectivity index (χ4n) is 3.88. The highest BCUT2D eigenvalue weighted by molar-refractivity contribution is 7.14. The molecule has 0 aliphatic heterocycles. The van der Waals surface area contributed by atoms with Crippen molar-refractivity contribution in [2.75, 3.05) is 17.2 Å². The molecule has 0 spiro atoms. The number of aryl methyl sites for hydroxylation is 2. The van der Waals surface area contributed by atoms with Crippen molar-refractivity contribution in [3.63, 3.8) is 0 Å².